The van der Waals surface area contributed by atoms with Crippen LogP contribution in [-0.2, 0) is 4.74 Å². The zero-order chi connectivity index (χ0) is 7.61. The highest BCUT2D eigenvalue weighted by molar-refractivity contribution is 5.14. The van der Waals surface area contributed by atoms with Gasteiger partial charge in [-0.2, -0.15) is 0 Å². The average Bonchev–Trinajstić information content (AvgIpc) is 2.32. The van der Waals surface area contributed by atoms with Gasteiger partial charge in [0.15, 0.2) is 5.60 Å². The minimum Gasteiger partial charge on any atom is -0.377 e. The van der Waals surface area contributed by atoms with E-state index in [2.05, 4.69) is 5.92 Å². The molecule has 1 N–H and O–H groups in total. The van der Waals surface area contributed by atoms with Crippen molar-refractivity contribution in [1.82, 2.24) is 0 Å². The predicted molar refractivity (Wildman–Crippen MR) is 38.4 cm³/mol. The second-order valence-electron chi connectivity index (χ2n) is 2.69. The van der Waals surface area contributed by atoms with E-state index < -0.39 is 5.60 Å². The van der Waals surface area contributed by atoms with Crippen LogP contribution in [-0.4, -0.2) is 23.9 Å². The van der Waals surface area contributed by atoms with Crippen LogP contribution in [0.25, 0.3) is 0 Å². The lowest BCUT2D eigenvalue weighted by Crippen LogP contribution is -2.36. The molecule has 0 aliphatic heterocycles. The van der Waals surface area contributed by atoms with Crippen molar-refractivity contribution < 1.29 is 9.84 Å². The maximum atomic E-state index is 9.60. The van der Waals surface area contributed by atoms with Crippen molar-refractivity contribution in [3.05, 3.63) is 0 Å². The molecule has 0 heterocycles. The molecular formula is C8H12O2. The Labute approximate surface area is 61.2 Å². The lowest BCUT2D eigenvalue weighted by molar-refractivity contribution is -0.0338. The second kappa shape index (κ2) is 2.61. The van der Waals surface area contributed by atoms with Crippen molar-refractivity contribution in [1.29, 1.82) is 0 Å². The summed E-state index contributed by atoms with van der Waals surface area (Å²) in [5.41, 5.74) is -0.991. The molecule has 2 nitrogen and oxygen atoms in total. The largest absolute Gasteiger partial charge is 0.377 e. The minimum atomic E-state index is -0.991. The molecule has 0 aromatic carbocycles. The van der Waals surface area contributed by atoms with Gasteiger partial charge in [-0.05, 0) is 19.3 Å². The molecule has 2 heteroatoms. The van der Waals surface area contributed by atoms with Gasteiger partial charge in [-0.15, -0.1) is 6.42 Å². The zero-order valence-corrected chi connectivity index (χ0v) is 6.13. The second-order valence-corrected chi connectivity index (χ2v) is 2.69. The van der Waals surface area contributed by atoms with E-state index in [4.69, 9.17) is 11.2 Å². The van der Waals surface area contributed by atoms with Crippen molar-refractivity contribution in [2.24, 2.45) is 0 Å². The van der Waals surface area contributed by atoms with Crippen LogP contribution in [0.5, 0.6) is 0 Å². The van der Waals surface area contributed by atoms with E-state index in [-0.39, 0.29) is 6.10 Å². The minimum absolute atomic E-state index is 0.155. The van der Waals surface area contributed by atoms with Crippen LogP contribution < -0.4 is 0 Å². The van der Waals surface area contributed by atoms with Gasteiger partial charge >= 0.3 is 0 Å². The molecule has 0 unspecified atom stereocenters. The number of hydrogen-bond acceptors (Lipinski definition) is 2. The van der Waals surface area contributed by atoms with Crippen LogP contribution in [0, 0.1) is 12.3 Å². The number of terminal acetylenes is 1. The first-order chi connectivity index (χ1) is 4.73. The van der Waals surface area contributed by atoms with Gasteiger partial charge in [0, 0.05) is 7.11 Å². The molecule has 1 saturated carbocycles. The van der Waals surface area contributed by atoms with E-state index in [9.17, 15) is 5.11 Å². The molecule has 10 heavy (non-hydrogen) atoms. The number of aliphatic hydroxyl groups is 1. The molecule has 0 saturated heterocycles. The maximum Gasteiger partial charge on any atom is 0.151 e. The summed E-state index contributed by atoms with van der Waals surface area (Å²) in [4.78, 5) is 0. The number of methoxy groups -OCH3 is 1. The first-order valence-electron chi connectivity index (χ1n) is 3.46. The molecule has 0 radical (unpaired) electrons. The molecule has 1 aliphatic rings. The van der Waals surface area contributed by atoms with Gasteiger partial charge < -0.3 is 9.84 Å². The van der Waals surface area contributed by atoms with Gasteiger partial charge in [-0.3, -0.25) is 0 Å². The lowest BCUT2D eigenvalue weighted by Gasteiger charge is -2.22. The van der Waals surface area contributed by atoms with Gasteiger partial charge in [-0.25, -0.2) is 0 Å². The third kappa shape index (κ3) is 1.03. The van der Waals surface area contributed by atoms with Crippen LogP contribution in [0.15, 0.2) is 0 Å². The monoisotopic (exact) mass is 140 g/mol. The summed E-state index contributed by atoms with van der Waals surface area (Å²) in [7, 11) is 1.58. The Balaban J connectivity index is 2.68. The molecule has 0 bridgehead atoms. The van der Waals surface area contributed by atoms with Gasteiger partial charge in [0.2, 0.25) is 0 Å². The first-order valence-corrected chi connectivity index (χ1v) is 3.46. The topological polar surface area (TPSA) is 29.5 Å². The molecular weight excluding hydrogens is 128 g/mol. The van der Waals surface area contributed by atoms with Crippen LogP contribution >= 0.6 is 0 Å². The molecule has 0 aromatic heterocycles. The zero-order valence-electron chi connectivity index (χ0n) is 6.13. The van der Waals surface area contributed by atoms with Crippen LogP contribution in [0.4, 0.5) is 0 Å². The Morgan fingerprint density at radius 2 is 2.50 bits per heavy atom. The number of hydrogen-bond donors (Lipinski definition) is 1. The Bertz CT molecular complexity index is 159. The van der Waals surface area contributed by atoms with Crippen molar-refractivity contribution in [2.45, 2.75) is 31.0 Å². The van der Waals surface area contributed by atoms with Crippen molar-refractivity contribution in [2.75, 3.05) is 7.11 Å². The van der Waals surface area contributed by atoms with Crippen LogP contribution in [0.1, 0.15) is 19.3 Å². The first kappa shape index (κ1) is 7.59. The third-order valence-corrected chi connectivity index (χ3v) is 2.09. The molecule has 0 aromatic rings. The van der Waals surface area contributed by atoms with Crippen molar-refractivity contribution in [3.8, 4) is 12.3 Å². The molecule has 1 rings (SSSR count). The summed E-state index contributed by atoms with van der Waals surface area (Å²) in [6, 6.07) is 0. The smallest absolute Gasteiger partial charge is 0.151 e. The summed E-state index contributed by atoms with van der Waals surface area (Å²) >= 11 is 0. The molecule has 0 amide bonds. The normalized spacial score (nSPS) is 39.5. The molecule has 56 valence electrons. The standard InChI is InChI=1S/C8H12O2/c1-3-8(9)6-4-5-7(8)10-2/h1,7,9H,4-6H2,2H3/t7-,8+/m1/s1. The predicted octanol–water partition coefficient (Wildman–Crippen LogP) is 0.550. The van der Waals surface area contributed by atoms with E-state index in [1.165, 1.54) is 0 Å². The lowest BCUT2D eigenvalue weighted by atomic mass is 10.0. The summed E-state index contributed by atoms with van der Waals surface area (Å²) in [6.07, 6.45) is 7.50. The highest BCUT2D eigenvalue weighted by atomic mass is 16.5. The Kier molecular flexibility index (Phi) is 1.98. The van der Waals surface area contributed by atoms with Gasteiger partial charge in [0.25, 0.3) is 0 Å². The summed E-state index contributed by atoms with van der Waals surface area (Å²) < 4.78 is 5.03. The fourth-order valence-corrected chi connectivity index (χ4v) is 1.43. The summed E-state index contributed by atoms with van der Waals surface area (Å²) in [5, 5.41) is 9.60. The SMILES string of the molecule is C#C[C@]1(O)CCC[C@H]1OC. The van der Waals surface area contributed by atoms with Gasteiger partial charge in [0.05, 0.1) is 6.10 Å². The van der Waals surface area contributed by atoms with Crippen molar-refractivity contribution in [3.63, 3.8) is 0 Å². The van der Waals surface area contributed by atoms with E-state index in [0.717, 1.165) is 12.8 Å². The fourth-order valence-electron chi connectivity index (χ4n) is 1.43. The Morgan fingerprint density at radius 1 is 1.80 bits per heavy atom. The molecule has 2 atom stereocenters. The quantitative estimate of drug-likeness (QED) is 0.539. The molecule has 0 spiro atoms. The van der Waals surface area contributed by atoms with E-state index in [1.807, 2.05) is 0 Å². The third-order valence-electron chi connectivity index (χ3n) is 2.09. The summed E-state index contributed by atoms with van der Waals surface area (Å²) in [6.45, 7) is 0. The van der Waals surface area contributed by atoms with E-state index >= 15 is 0 Å². The fraction of sp³-hybridized carbons (Fsp3) is 0.750. The number of ether oxygens (including phenoxy) is 1. The van der Waals surface area contributed by atoms with Crippen LogP contribution in [0.2, 0.25) is 0 Å². The Morgan fingerprint density at radius 3 is 2.90 bits per heavy atom. The summed E-state index contributed by atoms with van der Waals surface area (Å²) in [5.74, 6) is 2.37. The van der Waals surface area contributed by atoms with E-state index in [1.54, 1.807) is 7.11 Å². The maximum absolute atomic E-state index is 9.60. The molecule has 1 fully saturated rings. The van der Waals surface area contributed by atoms with E-state index in [0.29, 0.717) is 6.42 Å². The Hall–Kier alpha value is -0.520. The highest BCUT2D eigenvalue weighted by Crippen LogP contribution is 2.31. The van der Waals surface area contributed by atoms with Gasteiger partial charge in [0.1, 0.15) is 0 Å². The average molecular weight is 140 g/mol. The number of rotatable bonds is 1. The van der Waals surface area contributed by atoms with Crippen LogP contribution in [0.3, 0.4) is 0 Å². The van der Waals surface area contributed by atoms with Crippen molar-refractivity contribution >= 4 is 0 Å². The van der Waals surface area contributed by atoms with Gasteiger partial charge in [-0.1, -0.05) is 5.92 Å². The molecule has 1 aliphatic carbocycles. The highest BCUT2D eigenvalue weighted by Gasteiger charge is 2.39.